The number of nitrogens with zero attached hydrogens (tertiary/aromatic N) is 1. The summed E-state index contributed by atoms with van der Waals surface area (Å²) in [5.74, 6) is -0.508. The summed E-state index contributed by atoms with van der Waals surface area (Å²) < 4.78 is 0. The molecule has 0 radical (unpaired) electrons. The Hall–Kier alpha value is -1.06. The molecular formula is C17H33NO3. The molecule has 1 N–H and O–H groups in total. The van der Waals surface area contributed by atoms with Crippen LogP contribution in [0.4, 0.5) is 0 Å². The third kappa shape index (κ3) is 13.7. The Labute approximate surface area is 129 Å². The summed E-state index contributed by atoms with van der Waals surface area (Å²) in [6, 6.07) is 0. The monoisotopic (exact) mass is 299 g/mol. The SMILES string of the molecule is CCCCCCCCN(C)C(=O)CCCCCCC(=O)O. The summed E-state index contributed by atoms with van der Waals surface area (Å²) in [5.41, 5.74) is 0. The lowest BCUT2D eigenvalue weighted by molar-refractivity contribution is -0.137. The second kappa shape index (κ2) is 13.9. The minimum atomic E-state index is -0.732. The Kier molecular flexibility index (Phi) is 13.2. The standard InChI is InChI=1S/C17H33NO3/c1-3-4-5-6-9-12-15-18(2)16(19)13-10-7-8-11-14-17(20)21/h3-15H2,1-2H3,(H,20,21). The Balaban J connectivity index is 3.42. The zero-order valence-corrected chi connectivity index (χ0v) is 13.9. The van der Waals surface area contributed by atoms with Crippen molar-refractivity contribution in [2.24, 2.45) is 0 Å². The van der Waals surface area contributed by atoms with E-state index in [0.29, 0.717) is 6.42 Å². The molecule has 0 atom stereocenters. The molecule has 124 valence electrons. The molecule has 0 heterocycles. The average molecular weight is 299 g/mol. The molecule has 0 saturated carbocycles. The highest BCUT2D eigenvalue weighted by Crippen LogP contribution is 2.09. The first-order chi connectivity index (χ1) is 10.1. The van der Waals surface area contributed by atoms with E-state index in [9.17, 15) is 9.59 Å². The molecule has 0 bridgehead atoms. The highest BCUT2D eigenvalue weighted by Gasteiger charge is 2.07. The number of aliphatic carboxylic acids is 1. The third-order valence-electron chi connectivity index (χ3n) is 3.80. The van der Waals surface area contributed by atoms with Gasteiger partial charge in [0.25, 0.3) is 0 Å². The smallest absolute Gasteiger partial charge is 0.303 e. The van der Waals surface area contributed by atoms with Crippen LogP contribution in [-0.2, 0) is 9.59 Å². The van der Waals surface area contributed by atoms with Gasteiger partial charge in [0.05, 0.1) is 0 Å². The van der Waals surface area contributed by atoms with Gasteiger partial charge in [0, 0.05) is 26.4 Å². The van der Waals surface area contributed by atoms with E-state index in [1.54, 1.807) is 0 Å². The lowest BCUT2D eigenvalue weighted by Crippen LogP contribution is -2.27. The van der Waals surface area contributed by atoms with Crippen LogP contribution >= 0.6 is 0 Å². The fraction of sp³-hybridized carbons (Fsp3) is 0.882. The Morgan fingerprint density at radius 2 is 1.33 bits per heavy atom. The lowest BCUT2D eigenvalue weighted by Gasteiger charge is -2.17. The molecule has 0 aromatic rings. The average Bonchev–Trinajstić information content (AvgIpc) is 2.45. The second-order valence-electron chi connectivity index (χ2n) is 5.89. The maximum atomic E-state index is 11.9. The molecule has 0 aromatic heterocycles. The maximum absolute atomic E-state index is 11.9. The van der Waals surface area contributed by atoms with E-state index in [2.05, 4.69) is 6.92 Å². The molecule has 21 heavy (non-hydrogen) atoms. The zero-order chi connectivity index (χ0) is 15.9. The molecule has 0 fully saturated rings. The lowest BCUT2D eigenvalue weighted by atomic mass is 10.1. The van der Waals surface area contributed by atoms with Crippen molar-refractivity contribution in [3.05, 3.63) is 0 Å². The van der Waals surface area contributed by atoms with Crippen LogP contribution in [0.25, 0.3) is 0 Å². The number of carbonyl (C=O) groups excluding carboxylic acids is 1. The third-order valence-corrected chi connectivity index (χ3v) is 3.80. The van der Waals surface area contributed by atoms with Crippen LogP contribution in [-0.4, -0.2) is 35.5 Å². The minimum absolute atomic E-state index is 0.224. The van der Waals surface area contributed by atoms with Gasteiger partial charge in [0.15, 0.2) is 0 Å². The van der Waals surface area contributed by atoms with Crippen molar-refractivity contribution in [3.63, 3.8) is 0 Å². The summed E-state index contributed by atoms with van der Waals surface area (Å²) in [6.07, 6.45) is 11.8. The Morgan fingerprint density at radius 3 is 1.95 bits per heavy atom. The van der Waals surface area contributed by atoms with E-state index in [4.69, 9.17) is 5.11 Å². The topological polar surface area (TPSA) is 57.6 Å². The fourth-order valence-electron chi connectivity index (χ4n) is 2.35. The molecule has 0 unspecified atom stereocenters. The number of carboxylic acids is 1. The van der Waals surface area contributed by atoms with Crippen LogP contribution in [0.3, 0.4) is 0 Å². The van der Waals surface area contributed by atoms with Gasteiger partial charge in [-0.05, 0) is 19.3 Å². The molecule has 0 aromatic carbocycles. The first-order valence-electron chi connectivity index (χ1n) is 8.53. The van der Waals surface area contributed by atoms with E-state index in [1.165, 1.54) is 32.1 Å². The summed E-state index contributed by atoms with van der Waals surface area (Å²) >= 11 is 0. The van der Waals surface area contributed by atoms with Gasteiger partial charge in [0.1, 0.15) is 0 Å². The van der Waals surface area contributed by atoms with Gasteiger partial charge in [0.2, 0.25) is 5.91 Å². The molecule has 0 saturated heterocycles. The van der Waals surface area contributed by atoms with Crippen LogP contribution in [0.15, 0.2) is 0 Å². The first kappa shape index (κ1) is 19.9. The fourth-order valence-corrected chi connectivity index (χ4v) is 2.35. The van der Waals surface area contributed by atoms with Crippen LogP contribution in [0.1, 0.15) is 84.0 Å². The molecule has 4 nitrogen and oxygen atoms in total. The van der Waals surface area contributed by atoms with Gasteiger partial charge in [-0.3, -0.25) is 9.59 Å². The number of rotatable bonds is 14. The maximum Gasteiger partial charge on any atom is 0.303 e. The van der Waals surface area contributed by atoms with Crippen molar-refractivity contribution < 1.29 is 14.7 Å². The number of unbranched alkanes of at least 4 members (excludes halogenated alkanes) is 8. The number of carbonyl (C=O) groups is 2. The largest absolute Gasteiger partial charge is 0.481 e. The van der Waals surface area contributed by atoms with E-state index >= 15 is 0 Å². The molecule has 0 aliphatic heterocycles. The number of hydrogen-bond acceptors (Lipinski definition) is 2. The van der Waals surface area contributed by atoms with E-state index < -0.39 is 5.97 Å². The zero-order valence-electron chi connectivity index (χ0n) is 13.9. The molecule has 4 heteroatoms. The molecule has 0 spiro atoms. The van der Waals surface area contributed by atoms with E-state index in [-0.39, 0.29) is 12.3 Å². The van der Waals surface area contributed by atoms with Gasteiger partial charge >= 0.3 is 5.97 Å². The van der Waals surface area contributed by atoms with Crippen LogP contribution in [0.2, 0.25) is 0 Å². The van der Waals surface area contributed by atoms with Crippen molar-refractivity contribution >= 4 is 11.9 Å². The number of hydrogen-bond donors (Lipinski definition) is 1. The first-order valence-corrected chi connectivity index (χ1v) is 8.53. The van der Waals surface area contributed by atoms with Crippen LogP contribution in [0, 0.1) is 0 Å². The van der Waals surface area contributed by atoms with Crippen LogP contribution < -0.4 is 0 Å². The summed E-state index contributed by atoms with van der Waals surface area (Å²) in [6.45, 7) is 3.08. The van der Waals surface area contributed by atoms with Crippen molar-refractivity contribution in [1.82, 2.24) is 4.90 Å². The second-order valence-corrected chi connectivity index (χ2v) is 5.89. The summed E-state index contributed by atoms with van der Waals surface area (Å²) in [7, 11) is 1.89. The molecule has 0 aliphatic carbocycles. The minimum Gasteiger partial charge on any atom is -0.481 e. The van der Waals surface area contributed by atoms with Crippen molar-refractivity contribution in [2.45, 2.75) is 84.0 Å². The molecular weight excluding hydrogens is 266 g/mol. The van der Waals surface area contributed by atoms with Crippen molar-refractivity contribution in [1.29, 1.82) is 0 Å². The Morgan fingerprint density at radius 1 is 0.810 bits per heavy atom. The van der Waals surface area contributed by atoms with Gasteiger partial charge in [-0.15, -0.1) is 0 Å². The van der Waals surface area contributed by atoms with Gasteiger partial charge in [-0.2, -0.15) is 0 Å². The highest BCUT2D eigenvalue weighted by atomic mass is 16.4. The summed E-state index contributed by atoms with van der Waals surface area (Å²) in [4.78, 5) is 24.1. The van der Waals surface area contributed by atoms with Crippen molar-refractivity contribution in [2.75, 3.05) is 13.6 Å². The molecule has 1 amide bonds. The van der Waals surface area contributed by atoms with E-state index in [0.717, 1.165) is 38.6 Å². The molecule has 0 rings (SSSR count). The number of amides is 1. The molecule has 0 aliphatic rings. The quantitative estimate of drug-likeness (QED) is 0.488. The number of carboxylic acid groups (broad SMARTS) is 1. The predicted octanol–water partition coefficient (Wildman–Crippen LogP) is 4.23. The van der Waals surface area contributed by atoms with Crippen LogP contribution in [0.5, 0.6) is 0 Å². The predicted molar refractivity (Wildman–Crippen MR) is 86.4 cm³/mol. The van der Waals surface area contributed by atoms with Gasteiger partial charge < -0.3 is 10.0 Å². The Bertz CT molecular complexity index is 279. The van der Waals surface area contributed by atoms with Gasteiger partial charge in [-0.1, -0.05) is 51.9 Å². The highest BCUT2D eigenvalue weighted by molar-refractivity contribution is 5.75. The van der Waals surface area contributed by atoms with Gasteiger partial charge in [-0.25, -0.2) is 0 Å². The normalized spacial score (nSPS) is 10.6. The van der Waals surface area contributed by atoms with E-state index in [1.807, 2.05) is 11.9 Å². The summed E-state index contributed by atoms with van der Waals surface area (Å²) in [5, 5.41) is 8.52. The van der Waals surface area contributed by atoms with Crippen molar-refractivity contribution in [3.8, 4) is 0 Å².